The fourth-order valence-corrected chi connectivity index (χ4v) is 2.46. The number of aromatic carboxylic acids is 1. The van der Waals surface area contributed by atoms with Crippen LogP contribution in [0.1, 0.15) is 25.6 Å². The molecular formula is C12H6Cl2O3S. The van der Waals surface area contributed by atoms with Gasteiger partial charge in [-0.1, -0.05) is 29.3 Å². The molecule has 1 heterocycles. The average molecular weight is 301 g/mol. The van der Waals surface area contributed by atoms with Crippen molar-refractivity contribution >= 4 is 46.3 Å². The number of thiophene rings is 1. The fourth-order valence-electron chi connectivity index (χ4n) is 1.45. The highest BCUT2D eigenvalue weighted by atomic mass is 35.5. The fraction of sp³-hybridized carbons (Fsp3) is 0. The Morgan fingerprint density at radius 2 is 1.72 bits per heavy atom. The highest BCUT2D eigenvalue weighted by Crippen LogP contribution is 2.28. The number of hydrogen-bond donors (Lipinski definition) is 1. The third-order valence-corrected chi connectivity index (χ3v) is 3.87. The summed E-state index contributed by atoms with van der Waals surface area (Å²) < 4.78 is 0. The Bertz CT molecular complexity index is 621. The van der Waals surface area contributed by atoms with Gasteiger partial charge in [-0.3, -0.25) is 4.79 Å². The zero-order valence-corrected chi connectivity index (χ0v) is 11.1. The Kier molecular flexibility index (Phi) is 3.71. The Labute approximate surface area is 117 Å². The largest absolute Gasteiger partial charge is 0.478 e. The van der Waals surface area contributed by atoms with Gasteiger partial charge in [0.05, 0.1) is 20.5 Å². The minimum absolute atomic E-state index is 0.0411. The lowest BCUT2D eigenvalue weighted by Gasteiger charge is -2.06. The van der Waals surface area contributed by atoms with Gasteiger partial charge in [-0.05, 0) is 23.6 Å². The number of benzene rings is 1. The Balaban J connectivity index is 2.59. The smallest absolute Gasteiger partial charge is 0.336 e. The second kappa shape index (κ2) is 5.10. The van der Waals surface area contributed by atoms with Gasteiger partial charge in [0, 0.05) is 5.56 Å². The topological polar surface area (TPSA) is 54.4 Å². The quantitative estimate of drug-likeness (QED) is 0.872. The van der Waals surface area contributed by atoms with Crippen molar-refractivity contribution in [1.82, 2.24) is 0 Å². The van der Waals surface area contributed by atoms with Crippen molar-refractivity contribution in [2.45, 2.75) is 0 Å². The van der Waals surface area contributed by atoms with Crippen LogP contribution in [0, 0.1) is 0 Å². The Morgan fingerprint density at radius 1 is 1.11 bits per heavy atom. The Morgan fingerprint density at radius 3 is 2.22 bits per heavy atom. The first-order chi connectivity index (χ1) is 8.50. The molecule has 0 unspecified atom stereocenters. The molecule has 0 bridgehead atoms. The van der Waals surface area contributed by atoms with E-state index in [1.165, 1.54) is 23.5 Å². The van der Waals surface area contributed by atoms with Gasteiger partial charge in [0.1, 0.15) is 0 Å². The summed E-state index contributed by atoms with van der Waals surface area (Å²) in [6.07, 6.45) is 0. The molecular weight excluding hydrogens is 295 g/mol. The van der Waals surface area contributed by atoms with Gasteiger partial charge < -0.3 is 5.11 Å². The lowest BCUT2D eigenvalue weighted by atomic mass is 10.0. The highest BCUT2D eigenvalue weighted by Gasteiger charge is 2.20. The van der Waals surface area contributed by atoms with E-state index in [0.29, 0.717) is 4.88 Å². The van der Waals surface area contributed by atoms with Crippen molar-refractivity contribution in [3.63, 3.8) is 0 Å². The molecule has 0 aliphatic carbocycles. The normalized spacial score (nSPS) is 10.3. The van der Waals surface area contributed by atoms with E-state index in [-0.39, 0.29) is 27.0 Å². The van der Waals surface area contributed by atoms with Crippen LogP contribution in [0.25, 0.3) is 0 Å². The van der Waals surface area contributed by atoms with Crippen molar-refractivity contribution in [3.05, 3.63) is 55.7 Å². The molecule has 18 heavy (non-hydrogen) atoms. The summed E-state index contributed by atoms with van der Waals surface area (Å²) >= 11 is 12.8. The van der Waals surface area contributed by atoms with Crippen molar-refractivity contribution in [2.24, 2.45) is 0 Å². The van der Waals surface area contributed by atoms with E-state index in [9.17, 15) is 9.59 Å². The molecule has 0 saturated heterocycles. The lowest BCUT2D eigenvalue weighted by molar-refractivity contribution is 0.0693. The summed E-state index contributed by atoms with van der Waals surface area (Å²) in [5, 5.41) is 11.1. The van der Waals surface area contributed by atoms with Gasteiger partial charge in [-0.15, -0.1) is 11.3 Å². The number of hydrogen-bond acceptors (Lipinski definition) is 3. The Hall–Kier alpha value is -1.36. The first-order valence-electron chi connectivity index (χ1n) is 4.81. The summed E-state index contributed by atoms with van der Waals surface area (Å²) in [5.74, 6) is -1.59. The van der Waals surface area contributed by atoms with Gasteiger partial charge in [0.15, 0.2) is 0 Å². The van der Waals surface area contributed by atoms with E-state index in [4.69, 9.17) is 28.3 Å². The molecule has 0 aliphatic rings. The highest BCUT2D eigenvalue weighted by molar-refractivity contribution is 7.12. The molecule has 2 rings (SSSR count). The second-order valence-corrected chi connectivity index (χ2v) is 5.19. The van der Waals surface area contributed by atoms with Crippen molar-refractivity contribution in [2.75, 3.05) is 0 Å². The van der Waals surface area contributed by atoms with Crippen LogP contribution in [0.5, 0.6) is 0 Å². The van der Waals surface area contributed by atoms with Crippen LogP contribution in [0.15, 0.2) is 29.6 Å². The molecule has 0 fully saturated rings. The summed E-state index contributed by atoms with van der Waals surface area (Å²) in [6, 6.07) is 5.82. The number of rotatable bonds is 3. The maximum absolute atomic E-state index is 12.1. The molecule has 1 N–H and O–H groups in total. The third-order valence-electron chi connectivity index (χ3n) is 2.28. The first kappa shape index (κ1) is 13.1. The number of carboxylic acid groups (broad SMARTS) is 1. The molecule has 92 valence electrons. The van der Waals surface area contributed by atoms with Crippen LogP contribution >= 0.6 is 34.5 Å². The molecule has 0 amide bonds. The average Bonchev–Trinajstić information content (AvgIpc) is 2.84. The van der Waals surface area contributed by atoms with Crippen molar-refractivity contribution in [3.8, 4) is 0 Å². The lowest BCUT2D eigenvalue weighted by Crippen LogP contribution is -2.09. The molecule has 2 aromatic rings. The molecule has 1 aromatic heterocycles. The summed E-state index contributed by atoms with van der Waals surface area (Å²) in [6.45, 7) is 0. The van der Waals surface area contributed by atoms with Crippen LogP contribution in [0.4, 0.5) is 0 Å². The van der Waals surface area contributed by atoms with Crippen LogP contribution in [0.2, 0.25) is 10.0 Å². The molecule has 6 heteroatoms. The maximum Gasteiger partial charge on any atom is 0.336 e. The standard InChI is InChI=1S/C12H6Cl2O3S/c13-8-4-6(7(12(16)17)5-9(8)14)11(15)10-2-1-3-18-10/h1-5H,(H,16,17). The van der Waals surface area contributed by atoms with Crippen LogP contribution < -0.4 is 0 Å². The van der Waals surface area contributed by atoms with Crippen LogP contribution in [0.3, 0.4) is 0 Å². The number of carboxylic acids is 1. The van der Waals surface area contributed by atoms with E-state index < -0.39 is 5.97 Å². The van der Waals surface area contributed by atoms with E-state index in [0.717, 1.165) is 0 Å². The zero-order chi connectivity index (χ0) is 13.3. The number of ketones is 1. The van der Waals surface area contributed by atoms with E-state index in [1.807, 2.05) is 0 Å². The number of carbonyl (C=O) groups is 2. The molecule has 0 radical (unpaired) electrons. The monoisotopic (exact) mass is 300 g/mol. The predicted molar refractivity (Wildman–Crippen MR) is 71.2 cm³/mol. The minimum atomic E-state index is -1.21. The van der Waals surface area contributed by atoms with Crippen LogP contribution in [-0.2, 0) is 0 Å². The summed E-state index contributed by atoms with van der Waals surface area (Å²) in [4.78, 5) is 23.7. The molecule has 1 aromatic carbocycles. The van der Waals surface area contributed by atoms with E-state index in [2.05, 4.69) is 0 Å². The molecule has 0 saturated carbocycles. The first-order valence-corrected chi connectivity index (χ1v) is 6.45. The van der Waals surface area contributed by atoms with Crippen LogP contribution in [-0.4, -0.2) is 16.9 Å². The number of halogens is 2. The summed E-state index contributed by atoms with van der Waals surface area (Å²) in [7, 11) is 0. The molecule has 0 atom stereocenters. The summed E-state index contributed by atoms with van der Waals surface area (Å²) in [5.41, 5.74) is -0.109. The van der Waals surface area contributed by atoms with E-state index in [1.54, 1.807) is 17.5 Å². The number of carbonyl (C=O) groups excluding carboxylic acids is 1. The molecule has 0 spiro atoms. The second-order valence-electron chi connectivity index (χ2n) is 3.42. The molecule has 3 nitrogen and oxygen atoms in total. The van der Waals surface area contributed by atoms with Gasteiger partial charge in [0.2, 0.25) is 5.78 Å². The maximum atomic E-state index is 12.1. The van der Waals surface area contributed by atoms with Gasteiger partial charge in [0.25, 0.3) is 0 Å². The van der Waals surface area contributed by atoms with Gasteiger partial charge in [-0.2, -0.15) is 0 Å². The van der Waals surface area contributed by atoms with Gasteiger partial charge in [-0.25, -0.2) is 4.79 Å². The zero-order valence-electron chi connectivity index (χ0n) is 8.81. The third kappa shape index (κ3) is 2.41. The molecule has 0 aliphatic heterocycles. The van der Waals surface area contributed by atoms with Crippen molar-refractivity contribution < 1.29 is 14.7 Å². The van der Waals surface area contributed by atoms with Crippen molar-refractivity contribution in [1.29, 1.82) is 0 Å². The predicted octanol–water partition coefficient (Wildman–Crippen LogP) is 3.98. The van der Waals surface area contributed by atoms with Gasteiger partial charge >= 0.3 is 5.97 Å². The SMILES string of the molecule is O=C(O)c1cc(Cl)c(Cl)cc1C(=O)c1cccs1. The minimum Gasteiger partial charge on any atom is -0.478 e. The van der Waals surface area contributed by atoms with E-state index >= 15 is 0 Å².